The largest absolute Gasteiger partial charge is 0.383 e. The van der Waals surface area contributed by atoms with Gasteiger partial charge < -0.3 is 9.64 Å². The summed E-state index contributed by atoms with van der Waals surface area (Å²) in [5, 5.41) is 3.45. The van der Waals surface area contributed by atoms with Gasteiger partial charge in [-0.05, 0) is 19.3 Å². The fourth-order valence-electron chi connectivity index (χ4n) is 2.12. The van der Waals surface area contributed by atoms with Crippen LogP contribution in [0.4, 0.5) is 0 Å². The van der Waals surface area contributed by atoms with Crippen molar-refractivity contribution in [1.82, 2.24) is 10.2 Å². The molecule has 2 unspecified atom stereocenters. The summed E-state index contributed by atoms with van der Waals surface area (Å²) in [7, 11) is 1.66. The van der Waals surface area contributed by atoms with Gasteiger partial charge in [0.2, 0.25) is 5.91 Å². The summed E-state index contributed by atoms with van der Waals surface area (Å²) >= 11 is 0. The molecule has 16 heavy (non-hydrogen) atoms. The predicted octanol–water partition coefficient (Wildman–Crippen LogP) is 1.22. The molecule has 1 aliphatic heterocycles. The molecule has 0 aromatic rings. The van der Waals surface area contributed by atoms with Crippen molar-refractivity contribution in [2.45, 2.75) is 45.8 Å². The molecule has 1 amide bonds. The lowest BCUT2D eigenvalue weighted by atomic mass is 9.99. The molecule has 1 heterocycles. The first kappa shape index (κ1) is 13.5. The molecule has 4 heteroatoms. The number of rotatable bonds is 5. The Labute approximate surface area is 98.3 Å². The minimum atomic E-state index is -0.400. The Hall–Kier alpha value is -0.610. The quantitative estimate of drug-likeness (QED) is 0.769. The molecule has 1 aliphatic rings. The van der Waals surface area contributed by atoms with Crippen LogP contribution in [0.1, 0.15) is 34.1 Å². The molecule has 0 aromatic heterocycles. The molecule has 0 radical (unpaired) electrons. The highest BCUT2D eigenvalue weighted by molar-refractivity contribution is 5.88. The van der Waals surface area contributed by atoms with Gasteiger partial charge >= 0.3 is 0 Å². The summed E-state index contributed by atoms with van der Waals surface area (Å²) in [4.78, 5) is 14.2. The molecule has 4 nitrogen and oxygen atoms in total. The van der Waals surface area contributed by atoms with Crippen LogP contribution in [-0.4, -0.2) is 42.8 Å². The van der Waals surface area contributed by atoms with Crippen molar-refractivity contribution in [3.63, 3.8) is 0 Å². The van der Waals surface area contributed by atoms with Crippen molar-refractivity contribution in [3.8, 4) is 0 Å². The summed E-state index contributed by atoms with van der Waals surface area (Å²) in [5.41, 5.74) is -0.400. The second kappa shape index (κ2) is 5.15. The van der Waals surface area contributed by atoms with Crippen molar-refractivity contribution >= 4 is 5.91 Å². The second-order valence-electron chi connectivity index (χ2n) is 5.01. The Balaban J connectivity index is 2.81. The van der Waals surface area contributed by atoms with Crippen LogP contribution < -0.4 is 5.32 Å². The van der Waals surface area contributed by atoms with E-state index in [1.807, 2.05) is 18.7 Å². The van der Waals surface area contributed by atoms with Crippen LogP contribution in [0.15, 0.2) is 0 Å². The summed E-state index contributed by atoms with van der Waals surface area (Å²) < 4.78 is 5.06. The maximum absolute atomic E-state index is 12.3. The van der Waals surface area contributed by atoms with E-state index < -0.39 is 5.54 Å². The van der Waals surface area contributed by atoms with E-state index in [0.717, 1.165) is 6.42 Å². The Morgan fingerprint density at radius 1 is 1.56 bits per heavy atom. The van der Waals surface area contributed by atoms with Crippen molar-refractivity contribution < 1.29 is 9.53 Å². The van der Waals surface area contributed by atoms with E-state index in [2.05, 4.69) is 19.2 Å². The molecule has 1 fully saturated rings. The Kier molecular flexibility index (Phi) is 4.33. The topological polar surface area (TPSA) is 41.6 Å². The number of methoxy groups -OCH3 is 1. The molecule has 0 bridgehead atoms. The van der Waals surface area contributed by atoms with Crippen LogP contribution in [0.2, 0.25) is 0 Å². The number of nitrogens with one attached hydrogen (secondary N) is 1. The van der Waals surface area contributed by atoms with Crippen LogP contribution in [0.25, 0.3) is 0 Å². The fraction of sp³-hybridized carbons (Fsp3) is 0.917. The van der Waals surface area contributed by atoms with Gasteiger partial charge in [0.25, 0.3) is 0 Å². The third-order valence-corrected chi connectivity index (χ3v) is 3.41. The normalized spacial score (nSPS) is 30.5. The van der Waals surface area contributed by atoms with Crippen LogP contribution in [0.3, 0.4) is 0 Å². The van der Waals surface area contributed by atoms with Gasteiger partial charge in [0, 0.05) is 13.7 Å². The summed E-state index contributed by atoms with van der Waals surface area (Å²) in [5.74, 6) is 0.611. The lowest BCUT2D eigenvalue weighted by Gasteiger charge is -2.26. The first-order chi connectivity index (χ1) is 7.46. The van der Waals surface area contributed by atoms with Gasteiger partial charge in [-0.25, -0.2) is 0 Å². The van der Waals surface area contributed by atoms with Crippen LogP contribution >= 0.6 is 0 Å². The smallest absolute Gasteiger partial charge is 0.243 e. The van der Waals surface area contributed by atoms with Gasteiger partial charge in [0.1, 0.15) is 0 Å². The first-order valence-corrected chi connectivity index (χ1v) is 6.04. The predicted molar refractivity (Wildman–Crippen MR) is 64.0 cm³/mol. The highest BCUT2D eigenvalue weighted by Crippen LogP contribution is 2.26. The molecule has 0 aromatic carbocycles. The monoisotopic (exact) mass is 228 g/mol. The van der Waals surface area contributed by atoms with E-state index in [1.165, 1.54) is 0 Å². The lowest BCUT2D eigenvalue weighted by molar-refractivity contribution is -0.133. The average molecular weight is 228 g/mol. The number of carbonyl (C=O) groups excluding carboxylic acids is 1. The van der Waals surface area contributed by atoms with E-state index in [9.17, 15) is 4.79 Å². The van der Waals surface area contributed by atoms with Crippen LogP contribution in [-0.2, 0) is 9.53 Å². The number of hydrogen-bond donors (Lipinski definition) is 1. The molecule has 0 saturated carbocycles. The van der Waals surface area contributed by atoms with E-state index >= 15 is 0 Å². The molecular formula is C12H24N2O2. The first-order valence-electron chi connectivity index (χ1n) is 6.04. The van der Waals surface area contributed by atoms with Gasteiger partial charge in [-0.15, -0.1) is 0 Å². The molecule has 1 saturated heterocycles. The van der Waals surface area contributed by atoms with Gasteiger partial charge in [-0.2, -0.15) is 0 Å². The van der Waals surface area contributed by atoms with Crippen LogP contribution in [0.5, 0.6) is 0 Å². The lowest BCUT2D eigenvalue weighted by Crippen LogP contribution is -2.45. The number of carbonyl (C=O) groups is 1. The van der Waals surface area contributed by atoms with Crippen LogP contribution in [0, 0.1) is 5.92 Å². The molecule has 94 valence electrons. The molecule has 1 rings (SSSR count). The van der Waals surface area contributed by atoms with E-state index in [4.69, 9.17) is 4.74 Å². The highest BCUT2D eigenvalue weighted by Gasteiger charge is 2.47. The maximum Gasteiger partial charge on any atom is 0.243 e. The number of nitrogens with zero attached hydrogens (tertiary/aromatic N) is 1. The number of ether oxygens (including phenoxy) is 1. The van der Waals surface area contributed by atoms with Crippen molar-refractivity contribution in [2.75, 3.05) is 20.3 Å². The van der Waals surface area contributed by atoms with E-state index in [0.29, 0.717) is 19.1 Å². The molecule has 2 atom stereocenters. The third kappa shape index (κ3) is 2.38. The zero-order valence-corrected chi connectivity index (χ0v) is 11.0. The van der Waals surface area contributed by atoms with E-state index in [1.54, 1.807) is 7.11 Å². The zero-order chi connectivity index (χ0) is 12.3. The summed E-state index contributed by atoms with van der Waals surface area (Å²) in [6.07, 6.45) is 0.950. The summed E-state index contributed by atoms with van der Waals surface area (Å²) in [6, 6.07) is 0. The second-order valence-corrected chi connectivity index (χ2v) is 5.01. The fourth-order valence-corrected chi connectivity index (χ4v) is 2.12. The minimum absolute atomic E-state index is 0.132. The zero-order valence-electron chi connectivity index (χ0n) is 11.0. The standard InChI is InChI=1S/C12H24N2O2/c1-6-12(4)11(15)14(7-8-16-5)10(13-12)9(2)3/h9-10,13H,6-8H2,1-5H3. The third-order valence-electron chi connectivity index (χ3n) is 3.41. The Morgan fingerprint density at radius 2 is 2.19 bits per heavy atom. The number of amides is 1. The summed E-state index contributed by atoms with van der Waals surface area (Å²) in [6.45, 7) is 9.55. The average Bonchev–Trinajstić information content (AvgIpc) is 2.51. The maximum atomic E-state index is 12.3. The number of hydrogen-bond acceptors (Lipinski definition) is 3. The van der Waals surface area contributed by atoms with E-state index in [-0.39, 0.29) is 12.1 Å². The van der Waals surface area contributed by atoms with Gasteiger partial charge in [0.15, 0.2) is 0 Å². The molecule has 0 aliphatic carbocycles. The van der Waals surface area contributed by atoms with Crippen molar-refractivity contribution in [2.24, 2.45) is 5.92 Å². The van der Waals surface area contributed by atoms with Gasteiger partial charge in [-0.1, -0.05) is 20.8 Å². The van der Waals surface area contributed by atoms with Crippen molar-refractivity contribution in [1.29, 1.82) is 0 Å². The molecular weight excluding hydrogens is 204 g/mol. The SMILES string of the molecule is CCC1(C)NC(C(C)C)N(CCOC)C1=O. The minimum Gasteiger partial charge on any atom is -0.383 e. The van der Waals surface area contributed by atoms with Crippen molar-refractivity contribution in [3.05, 3.63) is 0 Å². The van der Waals surface area contributed by atoms with Gasteiger partial charge in [0.05, 0.1) is 18.3 Å². The molecule has 0 spiro atoms. The highest BCUT2D eigenvalue weighted by atomic mass is 16.5. The molecule has 1 N–H and O–H groups in total. The van der Waals surface area contributed by atoms with Gasteiger partial charge in [-0.3, -0.25) is 10.1 Å². The Bertz CT molecular complexity index is 255. The Morgan fingerprint density at radius 3 is 2.62 bits per heavy atom.